The molecular formula is C7H8BrNOS. The van der Waals surface area contributed by atoms with Crippen LogP contribution >= 0.6 is 27.3 Å². The molecule has 1 aromatic rings. The molecule has 1 aromatic heterocycles. The SMILES string of the molecule is CNC(=O)c1csc(Br)c1C. The largest absolute Gasteiger partial charge is 0.355 e. The third kappa shape index (κ3) is 1.62. The van der Waals surface area contributed by atoms with Gasteiger partial charge in [-0.25, -0.2) is 0 Å². The highest BCUT2D eigenvalue weighted by Crippen LogP contribution is 2.26. The maximum atomic E-state index is 11.1. The summed E-state index contributed by atoms with van der Waals surface area (Å²) in [5, 5.41) is 4.43. The van der Waals surface area contributed by atoms with E-state index >= 15 is 0 Å². The van der Waals surface area contributed by atoms with Gasteiger partial charge in [0.15, 0.2) is 0 Å². The van der Waals surface area contributed by atoms with Crippen LogP contribution in [-0.2, 0) is 0 Å². The summed E-state index contributed by atoms with van der Waals surface area (Å²) in [6, 6.07) is 0. The Morgan fingerprint density at radius 1 is 1.73 bits per heavy atom. The van der Waals surface area contributed by atoms with E-state index in [9.17, 15) is 4.79 Å². The second-order valence-corrected chi connectivity index (χ2v) is 4.32. The Balaban J connectivity index is 3.04. The zero-order valence-electron chi connectivity index (χ0n) is 6.27. The van der Waals surface area contributed by atoms with Crippen molar-refractivity contribution in [3.8, 4) is 0 Å². The van der Waals surface area contributed by atoms with E-state index in [4.69, 9.17) is 0 Å². The molecule has 1 rings (SSSR count). The lowest BCUT2D eigenvalue weighted by atomic mass is 10.2. The van der Waals surface area contributed by atoms with Crippen LogP contribution in [0.15, 0.2) is 9.17 Å². The van der Waals surface area contributed by atoms with Crippen molar-refractivity contribution in [2.75, 3.05) is 7.05 Å². The number of halogens is 1. The van der Waals surface area contributed by atoms with Gasteiger partial charge >= 0.3 is 0 Å². The van der Waals surface area contributed by atoms with Crippen LogP contribution in [0.2, 0.25) is 0 Å². The molecule has 60 valence electrons. The van der Waals surface area contributed by atoms with Gasteiger partial charge in [0.1, 0.15) is 0 Å². The lowest BCUT2D eigenvalue weighted by molar-refractivity contribution is 0.0963. The number of rotatable bonds is 1. The van der Waals surface area contributed by atoms with Gasteiger partial charge in [-0.1, -0.05) is 0 Å². The fourth-order valence-corrected chi connectivity index (χ4v) is 2.04. The minimum atomic E-state index is -0.0237. The van der Waals surface area contributed by atoms with Gasteiger partial charge in [0, 0.05) is 12.4 Å². The van der Waals surface area contributed by atoms with Crippen molar-refractivity contribution < 1.29 is 4.79 Å². The van der Waals surface area contributed by atoms with Crippen molar-refractivity contribution in [1.82, 2.24) is 5.32 Å². The molecule has 0 saturated carbocycles. The second-order valence-electron chi connectivity index (χ2n) is 2.13. The van der Waals surface area contributed by atoms with Crippen LogP contribution in [0.25, 0.3) is 0 Å². The van der Waals surface area contributed by atoms with E-state index in [2.05, 4.69) is 21.2 Å². The number of carbonyl (C=O) groups excluding carboxylic acids is 1. The molecule has 0 atom stereocenters. The van der Waals surface area contributed by atoms with E-state index in [0.29, 0.717) is 0 Å². The maximum Gasteiger partial charge on any atom is 0.252 e. The molecule has 0 radical (unpaired) electrons. The molecular weight excluding hydrogens is 226 g/mol. The number of thiophene rings is 1. The van der Waals surface area contributed by atoms with Crippen LogP contribution in [0.5, 0.6) is 0 Å². The smallest absolute Gasteiger partial charge is 0.252 e. The van der Waals surface area contributed by atoms with Crippen molar-refractivity contribution in [3.05, 3.63) is 20.3 Å². The summed E-state index contributed by atoms with van der Waals surface area (Å²) in [6.45, 7) is 1.92. The molecule has 1 amide bonds. The molecule has 1 heterocycles. The summed E-state index contributed by atoms with van der Waals surface area (Å²) < 4.78 is 1.02. The van der Waals surface area contributed by atoms with E-state index in [1.165, 1.54) is 11.3 Å². The number of nitrogens with one attached hydrogen (secondary N) is 1. The van der Waals surface area contributed by atoms with Crippen LogP contribution in [0.1, 0.15) is 15.9 Å². The molecule has 0 unspecified atom stereocenters. The summed E-state index contributed by atoms with van der Waals surface area (Å²) in [6.07, 6.45) is 0. The fourth-order valence-electron chi connectivity index (χ4n) is 0.752. The van der Waals surface area contributed by atoms with Gasteiger partial charge in [0.2, 0.25) is 0 Å². The van der Waals surface area contributed by atoms with Gasteiger partial charge in [0.25, 0.3) is 5.91 Å². The Bertz CT molecular complexity index is 282. The van der Waals surface area contributed by atoms with Crippen molar-refractivity contribution in [2.24, 2.45) is 0 Å². The summed E-state index contributed by atoms with van der Waals surface area (Å²) >= 11 is 4.88. The standard InChI is InChI=1S/C7H8BrNOS/c1-4-5(7(10)9-2)3-11-6(4)8/h3H,1-2H3,(H,9,10). The molecule has 0 aliphatic heterocycles. The van der Waals surface area contributed by atoms with Gasteiger partial charge in [-0.3, -0.25) is 4.79 Å². The van der Waals surface area contributed by atoms with Gasteiger partial charge in [-0.2, -0.15) is 0 Å². The minimum absolute atomic E-state index is 0.0237. The predicted molar refractivity (Wildman–Crippen MR) is 50.1 cm³/mol. The molecule has 4 heteroatoms. The number of hydrogen-bond donors (Lipinski definition) is 1. The van der Waals surface area contributed by atoms with Crippen LogP contribution in [0.3, 0.4) is 0 Å². The molecule has 0 spiro atoms. The Morgan fingerprint density at radius 2 is 2.36 bits per heavy atom. The van der Waals surface area contributed by atoms with E-state index in [1.54, 1.807) is 7.05 Å². The zero-order chi connectivity index (χ0) is 8.43. The Morgan fingerprint density at radius 3 is 2.73 bits per heavy atom. The van der Waals surface area contributed by atoms with Crippen LogP contribution in [-0.4, -0.2) is 13.0 Å². The summed E-state index contributed by atoms with van der Waals surface area (Å²) in [7, 11) is 1.63. The van der Waals surface area contributed by atoms with Crippen LogP contribution in [0, 0.1) is 6.92 Å². The molecule has 0 aliphatic rings. The zero-order valence-corrected chi connectivity index (χ0v) is 8.67. The molecule has 0 bridgehead atoms. The summed E-state index contributed by atoms with van der Waals surface area (Å²) in [4.78, 5) is 11.1. The van der Waals surface area contributed by atoms with Crippen molar-refractivity contribution >= 4 is 33.2 Å². The van der Waals surface area contributed by atoms with Gasteiger partial charge in [-0.05, 0) is 28.4 Å². The second kappa shape index (κ2) is 3.36. The van der Waals surface area contributed by atoms with Gasteiger partial charge < -0.3 is 5.32 Å². The maximum absolute atomic E-state index is 11.1. The van der Waals surface area contributed by atoms with E-state index in [1.807, 2.05) is 12.3 Å². The molecule has 0 aliphatic carbocycles. The first kappa shape index (κ1) is 8.74. The average Bonchev–Trinajstić information content (AvgIpc) is 2.32. The molecule has 11 heavy (non-hydrogen) atoms. The van der Waals surface area contributed by atoms with Crippen molar-refractivity contribution in [2.45, 2.75) is 6.92 Å². The average molecular weight is 234 g/mol. The molecule has 0 saturated heterocycles. The van der Waals surface area contributed by atoms with Crippen molar-refractivity contribution in [3.63, 3.8) is 0 Å². The first-order valence-corrected chi connectivity index (χ1v) is 4.79. The Labute approximate surface area is 77.7 Å². The summed E-state index contributed by atoms with van der Waals surface area (Å²) in [5.74, 6) is -0.0237. The number of hydrogen-bond acceptors (Lipinski definition) is 2. The van der Waals surface area contributed by atoms with Gasteiger partial charge in [0.05, 0.1) is 9.35 Å². The number of carbonyl (C=O) groups is 1. The highest BCUT2D eigenvalue weighted by molar-refractivity contribution is 9.11. The first-order chi connectivity index (χ1) is 5.16. The first-order valence-electron chi connectivity index (χ1n) is 3.12. The summed E-state index contributed by atoms with van der Waals surface area (Å²) in [5.41, 5.74) is 1.76. The highest BCUT2D eigenvalue weighted by atomic mass is 79.9. The monoisotopic (exact) mass is 233 g/mol. The Kier molecular flexibility index (Phi) is 2.67. The lowest BCUT2D eigenvalue weighted by Crippen LogP contribution is -2.17. The third-order valence-electron chi connectivity index (χ3n) is 1.45. The number of amides is 1. The molecule has 0 aromatic carbocycles. The van der Waals surface area contributed by atoms with E-state index < -0.39 is 0 Å². The van der Waals surface area contributed by atoms with Crippen LogP contribution < -0.4 is 5.32 Å². The topological polar surface area (TPSA) is 29.1 Å². The normalized spacial score (nSPS) is 9.73. The molecule has 1 N–H and O–H groups in total. The molecule has 2 nitrogen and oxygen atoms in total. The van der Waals surface area contributed by atoms with E-state index in [-0.39, 0.29) is 5.91 Å². The minimum Gasteiger partial charge on any atom is -0.355 e. The quantitative estimate of drug-likeness (QED) is 0.792. The fraction of sp³-hybridized carbons (Fsp3) is 0.286. The predicted octanol–water partition coefficient (Wildman–Crippen LogP) is 2.18. The van der Waals surface area contributed by atoms with E-state index in [0.717, 1.165) is 14.9 Å². The highest BCUT2D eigenvalue weighted by Gasteiger charge is 2.10. The molecule has 0 fully saturated rings. The van der Waals surface area contributed by atoms with Crippen molar-refractivity contribution in [1.29, 1.82) is 0 Å². The van der Waals surface area contributed by atoms with Gasteiger partial charge in [-0.15, -0.1) is 11.3 Å². The lowest BCUT2D eigenvalue weighted by Gasteiger charge is -1.96. The Hall–Kier alpha value is -0.350. The third-order valence-corrected chi connectivity index (χ3v) is 3.47. The van der Waals surface area contributed by atoms with Crippen LogP contribution in [0.4, 0.5) is 0 Å².